The normalized spacial score (nSPS) is 15.8. The number of nitro benzene ring substituents is 1. The average molecular weight is 636 g/mol. The number of ether oxygens (including phenoxy) is 3. The number of nitrogen functional groups attached to an aromatic ring is 1. The minimum atomic E-state index is -0.914. The van der Waals surface area contributed by atoms with Crippen LogP contribution < -0.4 is 15.2 Å². The molecular weight excluding hydrogens is 598 g/mol. The minimum Gasteiger partial charge on any atom is -0.504 e. The maximum absolute atomic E-state index is 13.6. The van der Waals surface area contributed by atoms with Gasteiger partial charge in [-0.1, -0.05) is 30.3 Å². The van der Waals surface area contributed by atoms with E-state index < -0.39 is 40.4 Å². The Morgan fingerprint density at radius 3 is 2.30 bits per heavy atom. The lowest BCUT2D eigenvalue weighted by molar-refractivity contribution is -0.385. The molecule has 0 aliphatic carbocycles. The van der Waals surface area contributed by atoms with Crippen molar-refractivity contribution < 1.29 is 43.7 Å². The van der Waals surface area contributed by atoms with Gasteiger partial charge in [-0.05, 0) is 43.4 Å². The van der Waals surface area contributed by atoms with Crippen molar-refractivity contribution >= 4 is 29.0 Å². The van der Waals surface area contributed by atoms with Crippen LogP contribution in [0.3, 0.4) is 0 Å². The maximum Gasteiger partial charge on any atom is 0.328 e. The number of β-amino-alcohol motifs (C(OH)–C–C–N with tert-alkyl or cyclic N) is 1. The number of carbonyl (C=O) groups is 3. The van der Waals surface area contributed by atoms with E-state index in [0.717, 1.165) is 17.7 Å². The number of amides is 1. The lowest BCUT2D eigenvalue weighted by Gasteiger charge is -2.24. The number of nitrogens with two attached hydrogens (primary N) is 1. The topological polar surface area (TPSA) is 192 Å². The van der Waals surface area contributed by atoms with Gasteiger partial charge >= 0.3 is 5.97 Å². The zero-order chi connectivity index (χ0) is 33.4. The monoisotopic (exact) mass is 635 g/mol. The number of rotatable bonds is 14. The number of benzene rings is 3. The number of hydrogen-bond acceptors (Lipinski definition) is 11. The molecule has 1 aliphatic heterocycles. The fourth-order valence-electron chi connectivity index (χ4n) is 5.32. The maximum atomic E-state index is 13.6. The van der Waals surface area contributed by atoms with Crippen LogP contribution in [0.4, 0.5) is 11.4 Å². The molecule has 4 rings (SSSR count). The van der Waals surface area contributed by atoms with Crippen LogP contribution in [0.25, 0.3) is 0 Å². The summed E-state index contributed by atoms with van der Waals surface area (Å²) in [6.07, 6.45) is 1.51. The van der Waals surface area contributed by atoms with Crippen LogP contribution in [0.15, 0.2) is 54.6 Å². The summed E-state index contributed by atoms with van der Waals surface area (Å²) in [4.78, 5) is 49.4. The van der Waals surface area contributed by atoms with E-state index in [1.165, 1.54) is 18.9 Å². The summed E-state index contributed by atoms with van der Waals surface area (Å²) in [6.45, 7) is 1.65. The third-order valence-electron chi connectivity index (χ3n) is 7.67. The molecule has 1 saturated heterocycles. The predicted molar refractivity (Wildman–Crippen MR) is 167 cm³/mol. The number of ketones is 1. The standard InChI is InChI=1S/C33H37N3O10/c1-20(37)24-16-29(39)31(18-27(24)36(42)43)46-12-8-4-7-11-45-30-17-26(34)25(14-22(30)13-21-9-5-3-6-10-21)32(40)35-19-23(38)15-28(35)33(41)44-2/h3,5-6,9-10,14,16-18,23,28,38-39H,4,7-8,11-13,15,19,34H2,1-2H3/t23?,28-/m0/s1. The summed E-state index contributed by atoms with van der Waals surface area (Å²) < 4.78 is 16.5. The summed E-state index contributed by atoms with van der Waals surface area (Å²) in [5.74, 6) is -1.57. The summed E-state index contributed by atoms with van der Waals surface area (Å²) in [7, 11) is 1.23. The van der Waals surface area contributed by atoms with E-state index in [-0.39, 0.29) is 47.9 Å². The second kappa shape index (κ2) is 15.2. The van der Waals surface area contributed by atoms with Gasteiger partial charge in [-0.25, -0.2) is 4.79 Å². The quantitative estimate of drug-likeness (QED) is 0.0578. The van der Waals surface area contributed by atoms with Crippen LogP contribution in [-0.2, 0) is 16.0 Å². The molecule has 244 valence electrons. The number of anilines is 1. The Balaban J connectivity index is 1.40. The van der Waals surface area contributed by atoms with Gasteiger partial charge < -0.3 is 35.1 Å². The van der Waals surface area contributed by atoms with Crippen molar-refractivity contribution in [1.29, 1.82) is 0 Å². The Hall–Kier alpha value is -5.17. The van der Waals surface area contributed by atoms with E-state index >= 15 is 0 Å². The molecule has 3 aromatic carbocycles. The first-order valence-electron chi connectivity index (χ1n) is 14.8. The molecule has 0 spiro atoms. The van der Waals surface area contributed by atoms with Gasteiger partial charge in [0.2, 0.25) is 0 Å². The Labute approximate surface area is 265 Å². The molecule has 3 aromatic rings. The number of hydrogen-bond donors (Lipinski definition) is 3. The second-order valence-corrected chi connectivity index (χ2v) is 11.0. The number of aliphatic hydroxyl groups is 1. The van der Waals surface area contributed by atoms with E-state index in [1.54, 1.807) is 12.1 Å². The van der Waals surface area contributed by atoms with Gasteiger partial charge in [-0.2, -0.15) is 0 Å². The van der Waals surface area contributed by atoms with Crippen molar-refractivity contribution in [1.82, 2.24) is 4.90 Å². The first kappa shape index (κ1) is 33.7. The van der Waals surface area contributed by atoms with Crippen LogP contribution in [0, 0.1) is 10.1 Å². The first-order chi connectivity index (χ1) is 22.0. The van der Waals surface area contributed by atoms with Gasteiger partial charge in [0.1, 0.15) is 11.8 Å². The highest BCUT2D eigenvalue weighted by molar-refractivity contribution is 6.02. The molecule has 1 amide bonds. The molecule has 1 unspecified atom stereocenters. The Bertz CT molecular complexity index is 1590. The number of nitro groups is 1. The molecule has 0 radical (unpaired) electrons. The largest absolute Gasteiger partial charge is 0.504 e. The van der Waals surface area contributed by atoms with Crippen molar-refractivity contribution in [2.24, 2.45) is 0 Å². The fourth-order valence-corrected chi connectivity index (χ4v) is 5.32. The molecule has 1 aliphatic rings. The van der Waals surface area contributed by atoms with Gasteiger partial charge in [0, 0.05) is 37.2 Å². The van der Waals surface area contributed by atoms with E-state index in [9.17, 15) is 34.7 Å². The minimum absolute atomic E-state index is 0.0196. The highest BCUT2D eigenvalue weighted by Gasteiger charge is 2.40. The fraction of sp³-hybridized carbons (Fsp3) is 0.364. The van der Waals surface area contributed by atoms with E-state index in [2.05, 4.69) is 0 Å². The lowest BCUT2D eigenvalue weighted by Crippen LogP contribution is -2.41. The molecule has 1 fully saturated rings. The van der Waals surface area contributed by atoms with Crippen LogP contribution in [0.1, 0.15) is 64.4 Å². The number of esters is 1. The molecule has 4 N–H and O–H groups in total. The van der Waals surface area contributed by atoms with Gasteiger partial charge in [0.25, 0.3) is 11.6 Å². The van der Waals surface area contributed by atoms with Crippen LogP contribution >= 0.6 is 0 Å². The third kappa shape index (κ3) is 8.10. The number of aromatic hydroxyl groups is 1. The van der Waals surface area contributed by atoms with Gasteiger partial charge in [-0.3, -0.25) is 19.7 Å². The van der Waals surface area contributed by atoms with Crippen molar-refractivity contribution in [2.45, 2.75) is 51.2 Å². The average Bonchev–Trinajstić information content (AvgIpc) is 3.43. The third-order valence-corrected chi connectivity index (χ3v) is 7.67. The van der Waals surface area contributed by atoms with Crippen LogP contribution in [-0.4, -0.2) is 76.7 Å². The summed E-state index contributed by atoms with van der Waals surface area (Å²) >= 11 is 0. The SMILES string of the molecule is COC(=O)[C@@H]1CC(O)CN1C(=O)c1cc(Cc2ccccc2)c(OCCCCCOc2cc([N+](=O)[O-])c(C(C)=O)cc2O)cc1N. The summed E-state index contributed by atoms with van der Waals surface area (Å²) in [5.41, 5.74) is 7.75. The molecule has 1 heterocycles. The second-order valence-electron chi connectivity index (χ2n) is 11.0. The first-order valence-corrected chi connectivity index (χ1v) is 14.8. The number of unbranched alkanes of at least 4 members (excludes halogenated alkanes) is 2. The van der Waals surface area contributed by atoms with Crippen molar-refractivity contribution in [3.05, 3.63) is 87.0 Å². The van der Waals surface area contributed by atoms with Gasteiger partial charge in [-0.15, -0.1) is 0 Å². The molecule has 0 aromatic heterocycles. The van der Waals surface area contributed by atoms with Gasteiger partial charge in [0.05, 0.1) is 48.5 Å². The predicted octanol–water partition coefficient (Wildman–Crippen LogP) is 4.05. The summed E-state index contributed by atoms with van der Waals surface area (Å²) in [5, 5.41) is 31.7. The van der Waals surface area contributed by atoms with Gasteiger partial charge in [0.15, 0.2) is 17.3 Å². The Kier molecular flexibility index (Phi) is 11.2. The van der Waals surface area contributed by atoms with E-state index in [0.29, 0.717) is 43.6 Å². The van der Waals surface area contributed by atoms with Crippen LogP contribution in [0.5, 0.6) is 17.2 Å². The lowest BCUT2D eigenvalue weighted by atomic mass is 9.99. The Morgan fingerprint density at radius 1 is 1.00 bits per heavy atom. The van der Waals surface area contributed by atoms with Crippen molar-refractivity contribution in [2.75, 3.05) is 32.6 Å². The summed E-state index contributed by atoms with van der Waals surface area (Å²) in [6, 6.07) is 14.0. The van der Waals surface area contributed by atoms with E-state index in [4.69, 9.17) is 19.9 Å². The van der Waals surface area contributed by atoms with Crippen LogP contribution in [0.2, 0.25) is 0 Å². The molecule has 13 heteroatoms. The number of Topliss-reactive ketones (excluding diaryl/α,β-unsaturated/α-hetero) is 1. The molecule has 46 heavy (non-hydrogen) atoms. The van der Waals surface area contributed by atoms with E-state index in [1.807, 2.05) is 30.3 Å². The van der Waals surface area contributed by atoms with Crippen molar-refractivity contribution in [3.63, 3.8) is 0 Å². The number of likely N-dealkylation sites (tertiary alicyclic amines) is 1. The number of phenols is 1. The molecule has 0 bridgehead atoms. The number of nitrogens with zero attached hydrogens (tertiary/aromatic N) is 2. The molecule has 0 saturated carbocycles. The number of methoxy groups -OCH3 is 1. The smallest absolute Gasteiger partial charge is 0.328 e. The highest BCUT2D eigenvalue weighted by atomic mass is 16.6. The zero-order valence-electron chi connectivity index (χ0n) is 25.6. The Morgan fingerprint density at radius 2 is 1.67 bits per heavy atom. The zero-order valence-corrected chi connectivity index (χ0v) is 25.6. The number of carbonyl (C=O) groups excluding carboxylic acids is 3. The van der Waals surface area contributed by atoms with Crippen molar-refractivity contribution in [3.8, 4) is 17.2 Å². The number of aliphatic hydroxyl groups excluding tert-OH is 1. The number of phenolic OH excluding ortho intramolecular Hbond substituents is 1. The molecule has 13 nitrogen and oxygen atoms in total. The highest BCUT2D eigenvalue weighted by Crippen LogP contribution is 2.35. The molecule has 2 atom stereocenters. The molecular formula is C33H37N3O10.